The Morgan fingerprint density at radius 1 is 1.18 bits per heavy atom. The van der Waals surface area contributed by atoms with Gasteiger partial charge in [-0.05, 0) is 41.8 Å². The van der Waals surface area contributed by atoms with Gasteiger partial charge in [-0.2, -0.15) is 0 Å². The monoisotopic (exact) mass is 387 g/mol. The average molecular weight is 387 g/mol. The Kier molecular flexibility index (Phi) is 6.13. The molecule has 1 saturated heterocycles. The predicted octanol–water partition coefficient (Wildman–Crippen LogP) is 2.89. The van der Waals surface area contributed by atoms with Crippen LogP contribution < -0.4 is 9.47 Å². The van der Waals surface area contributed by atoms with Crippen LogP contribution in [0.2, 0.25) is 0 Å². The van der Waals surface area contributed by atoms with E-state index < -0.39 is 11.9 Å². The summed E-state index contributed by atoms with van der Waals surface area (Å²) in [5, 5.41) is 9.05. The lowest BCUT2D eigenvalue weighted by Crippen LogP contribution is -2.28. The van der Waals surface area contributed by atoms with E-state index >= 15 is 0 Å². The maximum Gasteiger partial charge on any atom is 0.308 e. The van der Waals surface area contributed by atoms with Crippen molar-refractivity contribution in [2.75, 3.05) is 20.2 Å². The summed E-state index contributed by atoms with van der Waals surface area (Å²) in [4.78, 5) is 24.6. The predicted molar refractivity (Wildman–Crippen MR) is 99.8 cm³/mol. The lowest BCUT2D eigenvalue weighted by molar-refractivity contribution is -0.141. The lowest BCUT2D eigenvalue weighted by atomic mass is 10.1. The first kappa shape index (κ1) is 19.7. The van der Waals surface area contributed by atoms with Crippen molar-refractivity contribution < 1.29 is 28.6 Å². The number of rotatable bonds is 8. The number of amides is 1. The van der Waals surface area contributed by atoms with E-state index in [1.54, 1.807) is 30.2 Å². The molecule has 6 nitrogen and oxygen atoms in total. The largest absolute Gasteiger partial charge is 0.493 e. The minimum absolute atomic E-state index is 0.0643. The number of ether oxygens (including phenoxy) is 2. The van der Waals surface area contributed by atoms with Crippen LogP contribution in [-0.2, 0) is 22.6 Å². The van der Waals surface area contributed by atoms with Crippen molar-refractivity contribution in [2.45, 2.75) is 19.4 Å². The quantitative estimate of drug-likeness (QED) is 0.754. The van der Waals surface area contributed by atoms with Crippen molar-refractivity contribution in [2.24, 2.45) is 5.92 Å². The summed E-state index contributed by atoms with van der Waals surface area (Å²) < 4.78 is 24.1. The van der Waals surface area contributed by atoms with Gasteiger partial charge in [-0.15, -0.1) is 0 Å². The van der Waals surface area contributed by atoms with Crippen LogP contribution in [0.1, 0.15) is 17.5 Å². The number of carbonyl (C=O) groups is 2. The van der Waals surface area contributed by atoms with Crippen LogP contribution in [0, 0.1) is 11.7 Å². The molecule has 1 amide bonds. The molecule has 7 heteroatoms. The molecule has 2 aromatic carbocycles. The fourth-order valence-corrected chi connectivity index (χ4v) is 3.15. The number of likely N-dealkylation sites (tertiary alicyclic amines) is 1. The molecule has 0 aromatic heterocycles. The van der Waals surface area contributed by atoms with Gasteiger partial charge >= 0.3 is 5.97 Å². The van der Waals surface area contributed by atoms with Crippen LogP contribution in [0.4, 0.5) is 4.39 Å². The van der Waals surface area contributed by atoms with Crippen molar-refractivity contribution in [1.82, 2.24) is 4.90 Å². The highest BCUT2D eigenvalue weighted by Crippen LogP contribution is 2.29. The zero-order valence-electron chi connectivity index (χ0n) is 15.6. The Morgan fingerprint density at radius 2 is 1.89 bits per heavy atom. The number of halogens is 1. The molecule has 0 spiro atoms. The summed E-state index contributed by atoms with van der Waals surface area (Å²) >= 11 is 0. The SMILES string of the molecule is COc1cc(CCN2CC(C(=O)O)CC2=O)ccc1OCc1ccc(F)cc1. The van der Waals surface area contributed by atoms with Gasteiger partial charge in [0, 0.05) is 19.5 Å². The van der Waals surface area contributed by atoms with Crippen molar-refractivity contribution in [3.8, 4) is 11.5 Å². The number of hydrogen-bond donors (Lipinski definition) is 1. The molecule has 1 N–H and O–H groups in total. The van der Waals surface area contributed by atoms with Crippen molar-refractivity contribution >= 4 is 11.9 Å². The van der Waals surface area contributed by atoms with Crippen LogP contribution in [0.15, 0.2) is 42.5 Å². The second-order valence-corrected chi connectivity index (χ2v) is 6.73. The number of methoxy groups -OCH3 is 1. The molecule has 1 atom stereocenters. The molecule has 1 heterocycles. The number of benzene rings is 2. The Morgan fingerprint density at radius 3 is 2.54 bits per heavy atom. The van der Waals surface area contributed by atoms with Gasteiger partial charge in [-0.1, -0.05) is 18.2 Å². The third kappa shape index (κ3) is 4.79. The summed E-state index contributed by atoms with van der Waals surface area (Å²) in [6, 6.07) is 11.6. The molecule has 0 radical (unpaired) electrons. The van der Waals surface area contributed by atoms with Crippen LogP contribution in [0.25, 0.3) is 0 Å². The van der Waals surface area contributed by atoms with E-state index in [0.29, 0.717) is 24.5 Å². The standard InChI is InChI=1S/C21H22FNO5/c1-27-19-10-14(8-9-23-12-16(21(25)26)11-20(23)24)4-7-18(19)28-13-15-2-5-17(22)6-3-15/h2-7,10,16H,8-9,11-13H2,1H3,(H,25,26). The number of carbonyl (C=O) groups excluding carboxylic acids is 1. The molecule has 1 unspecified atom stereocenters. The van der Waals surface area contributed by atoms with Gasteiger partial charge in [-0.25, -0.2) is 4.39 Å². The van der Waals surface area contributed by atoms with Crippen LogP contribution in [0.3, 0.4) is 0 Å². The third-order valence-corrected chi connectivity index (χ3v) is 4.77. The molecule has 1 fully saturated rings. The first-order valence-corrected chi connectivity index (χ1v) is 9.01. The van der Waals surface area contributed by atoms with Gasteiger partial charge in [0.15, 0.2) is 11.5 Å². The second kappa shape index (κ2) is 8.73. The highest BCUT2D eigenvalue weighted by Gasteiger charge is 2.33. The van der Waals surface area contributed by atoms with Crippen molar-refractivity contribution in [3.63, 3.8) is 0 Å². The smallest absolute Gasteiger partial charge is 0.308 e. The summed E-state index contributed by atoms with van der Waals surface area (Å²) in [7, 11) is 1.55. The lowest BCUT2D eigenvalue weighted by Gasteiger charge is -2.17. The Balaban J connectivity index is 1.59. The molecule has 1 aliphatic rings. The summed E-state index contributed by atoms with van der Waals surface area (Å²) in [6.45, 7) is 1.00. The van der Waals surface area contributed by atoms with E-state index in [1.165, 1.54) is 12.1 Å². The van der Waals surface area contributed by atoms with Gasteiger partial charge < -0.3 is 19.5 Å². The molecular weight excluding hydrogens is 365 g/mol. The molecule has 2 aromatic rings. The van der Waals surface area contributed by atoms with Gasteiger partial charge in [0.05, 0.1) is 13.0 Å². The first-order valence-electron chi connectivity index (χ1n) is 9.01. The number of nitrogens with zero attached hydrogens (tertiary/aromatic N) is 1. The number of carboxylic acid groups (broad SMARTS) is 1. The van der Waals surface area contributed by atoms with Crippen molar-refractivity contribution in [1.29, 1.82) is 0 Å². The van der Waals surface area contributed by atoms with Gasteiger partial charge in [-0.3, -0.25) is 9.59 Å². The van der Waals surface area contributed by atoms with E-state index in [9.17, 15) is 14.0 Å². The highest BCUT2D eigenvalue weighted by atomic mass is 19.1. The molecule has 3 rings (SSSR count). The minimum atomic E-state index is -0.930. The van der Waals surface area contributed by atoms with Gasteiger partial charge in [0.1, 0.15) is 12.4 Å². The van der Waals surface area contributed by atoms with Crippen LogP contribution in [-0.4, -0.2) is 42.1 Å². The Hall–Kier alpha value is -3.09. The summed E-state index contributed by atoms with van der Waals surface area (Å²) in [5.41, 5.74) is 1.80. The molecule has 28 heavy (non-hydrogen) atoms. The zero-order chi connectivity index (χ0) is 20.1. The molecule has 148 valence electrons. The molecule has 0 aliphatic carbocycles. The second-order valence-electron chi connectivity index (χ2n) is 6.73. The topological polar surface area (TPSA) is 76.1 Å². The number of hydrogen-bond acceptors (Lipinski definition) is 4. The maximum atomic E-state index is 13.0. The fourth-order valence-electron chi connectivity index (χ4n) is 3.15. The fraction of sp³-hybridized carbons (Fsp3) is 0.333. The zero-order valence-corrected chi connectivity index (χ0v) is 15.6. The third-order valence-electron chi connectivity index (χ3n) is 4.77. The number of aliphatic carboxylic acids is 1. The van der Waals surface area contributed by atoms with E-state index in [0.717, 1.165) is 11.1 Å². The van der Waals surface area contributed by atoms with E-state index in [2.05, 4.69) is 0 Å². The molecule has 0 saturated carbocycles. The van der Waals surface area contributed by atoms with Crippen molar-refractivity contribution in [3.05, 3.63) is 59.4 Å². The number of carboxylic acids is 1. The Labute approximate surface area is 162 Å². The van der Waals surface area contributed by atoms with Crippen LogP contribution >= 0.6 is 0 Å². The normalized spacial score (nSPS) is 16.3. The van der Waals surface area contributed by atoms with E-state index in [4.69, 9.17) is 14.6 Å². The van der Waals surface area contributed by atoms with Gasteiger partial charge in [0.25, 0.3) is 0 Å². The van der Waals surface area contributed by atoms with Crippen LogP contribution in [0.5, 0.6) is 11.5 Å². The maximum absolute atomic E-state index is 13.0. The first-order chi connectivity index (χ1) is 13.5. The summed E-state index contributed by atoms with van der Waals surface area (Å²) in [5.74, 6) is -0.838. The average Bonchev–Trinajstić information content (AvgIpc) is 3.07. The van der Waals surface area contributed by atoms with E-state index in [-0.39, 0.29) is 31.3 Å². The highest BCUT2D eigenvalue weighted by molar-refractivity contribution is 5.86. The molecule has 0 bridgehead atoms. The van der Waals surface area contributed by atoms with E-state index in [1.807, 2.05) is 12.1 Å². The summed E-state index contributed by atoms with van der Waals surface area (Å²) in [6.07, 6.45) is 0.654. The van der Waals surface area contributed by atoms with Gasteiger partial charge in [0.2, 0.25) is 5.91 Å². The molecular formula is C21H22FNO5. The minimum Gasteiger partial charge on any atom is -0.493 e. The Bertz CT molecular complexity index is 852. The molecule has 1 aliphatic heterocycles.